The van der Waals surface area contributed by atoms with Crippen LogP contribution in [0.2, 0.25) is 0 Å². The minimum Gasteiger partial charge on any atom is -0.372 e. The average molecular weight is 236 g/mol. The van der Waals surface area contributed by atoms with Crippen molar-refractivity contribution in [2.24, 2.45) is 5.92 Å². The van der Waals surface area contributed by atoms with Crippen LogP contribution in [0.15, 0.2) is 12.1 Å². The number of carbonyl (C=O) groups is 1. The summed E-state index contributed by atoms with van der Waals surface area (Å²) in [6.45, 7) is 5.79. The molecule has 2 atom stereocenters. The van der Waals surface area contributed by atoms with Crippen molar-refractivity contribution in [3.8, 4) is 0 Å². The van der Waals surface area contributed by atoms with Crippen LogP contribution in [0.25, 0.3) is 0 Å². The Kier molecular flexibility index (Phi) is 3.05. The van der Waals surface area contributed by atoms with E-state index in [1.54, 1.807) is 13.0 Å². The van der Waals surface area contributed by atoms with E-state index in [4.69, 9.17) is 0 Å². The fourth-order valence-corrected chi connectivity index (χ4v) is 1.98. The molecular weight excluding hydrogens is 219 g/mol. The number of halogens is 1. The standard InChI is InChI=1S/C13H17FN2O/c1-4-7(2)12-13(17)16-11-6-9(14)8(3)5-10(11)15-12/h5-7,12,15H,4H2,1-3H3,(H,16,17). The molecule has 1 amide bonds. The highest BCUT2D eigenvalue weighted by Crippen LogP contribution is 2.31. The van der Waals surface area contributed by atoms with Gasteiger partial charge in [-0.2, -0.15) is 0 Å². The van der Waals surface area contributed by atoms with Crippen LogP contribution in [0.4, 0.5) is 15.8 Å². The first-order chi connectivity index (χ1) is 8.02. The van der Waals surface area contributed by atoms with Crippen molar-refractivity contribution < 1.29 is 9.18 Å². The molecule has 0 saturated heterocycles. The SMILES string of the molecule is CCC(C)C1Nc2cc(C)c(F)cc2NC1=O. The number of fused-ring (bicyclic) bond motifs is 1. The summed E-state index contributed by atoms with van der Waals surface area (Å²) in [4.78, 5) is 11.9. The third kappa shape index (κ3) is 2.12. The molecule has 0 spiro atoms. The van der Waals surface area contributed by atoms with Gasteiger partial charge in [-0.15, -0.1) is 0 Å². The second-order valence-electron chi connectivity index (χ2n) is 4.64. The maximum atomic E-state index is 13.4. The molecule has 1 heterocycles. The molecule has 0 radical (unpaired) electrons. The number of benzene rings is 1. The first kappa shape index (κ1) is 11.9. The Morgan fingerprint density at radius 1 is 1.41 bits per heavy atom. The van der Waals surface area contributed by atoms with E-state index in [2.05, 4.69) is 10.6 Å². The lowest BCUT2D eigenvalue weighted by molar-refractivity contribution is -0.118. The van der Waals surface area contributed by atoms with Crippen LogP contribution >= 0.6 is 0 Å². The summed E-state index contributed by atoms with van der Waals surface area (Å²) in [5, 5.41) is 5.94. The van der Waals surface area contributed by atoms with Crippen LogP contribution in [0, 0.1) is 18.7 Å². The molecule has 4 heteroatoms. The van der Waals surface area contributed by atoms with Crippen molar-refractivity contribution >= 4 is 17.3 Å². The lowest BCUT2D eigenvalue weighted by Crippen LogP contribution is -2.43. The lowest BCUT2D eigenvalue weighted by Gasteiger charge is -2.30. The molecule has 0 aromatic heterocycles. The van der Waals surface area contributed by atoms with Crippen LogP contribution in [0.1, 0.15) is 25.8 Å². The fourth-order valence-electron chi connectivity index (χ4n) is 1.98. The molecule has 2 rings (SSSR count). The summed E-state index contributed by atoms with van der Waals surface area (Å²) in [6, 6.07) is 2.86. The van der Waals surface area contributed by atoms with Gasteiger partial charge in [0.2, 0.25) is 5.91 Å². The Balaban J connectivity index is 2.34. The van der Waals surface area contributed by atoms with E-state index in [9.17, 15) is 9.18 Å². The number of anilines is 2. The van der Waals surface area contributed by atoms with Gasteiger partial charge < -0.3 is 10.6 Å². The molecule has 1 aromatic carbocycles. The number of rotatable bonds is 2. The number of amides is 1. The van der Waals surface area contributed by atoms with E-state index < -0.39 is 0 Å². The summed E-state index contributed by atoms with van der Waals surface area (Å²) < 4.78 is 13.4. The summed E-state index contributed by atoms with van der Waals surface area (Å²) in [7, 11) is 0. The molecule has 0 bridgehead atoms. The molecule has 1 aromatic rings. The Labute approximate surface area is 100 Å². The Hall–Kier alpha value is -1.58. The molecule has 0 saturated carbocycles. The number of nitrogens with one attached hydrogen (secondary N) is 2. The highest BCUT2D eigenvalue weighted by atomic mass is 19.1. The first-order valence-electron chi connectivity index (χ1n) is 5.90. The largest absolute Gasteiger partial charge is 0.372 e. The molecular formula is C13H17FN2O. The van der Waals surface area contributed by atoms with Crippen LogP contribution in [-0.2, 0) is 4.79 Å². The van der Waals surface area contributed by atoms with Gasteiger partial charge in [0.1, 0.15) is 11.9 Å². The van der Waals surface area contributed by atoms with Gasteiger partial charge in [0.25, 0.3) is 0 Å². The summed E-state index contributed by atoms with van der Waals surface area (Å²) in [6.07, 6.45) is 0.917. The summed E-state index contributed by atoms with van der Waals surface area (Å²) in [5.41, 5.74) is 1.90. The Bertz CT molecular complexity index is 459. The second-order valence-corrected chi connectivity index (χ2v) is 4.64. The van der Waals surface area contributed by atoms with Crippen LogP contribution in [0.3, 0.4) is 0 Å². The number of aryl methyl sites for hydroxylation is 1. The second kappa shape index (κ2) is 4.35. The maximum Gasteiger partial charge on any atom is 0.247 e. The molecule has 1 aliphatic rings. The number of carbonyl (C=O) groups excluding carboxylic acids is 1. The predicted octanol–water partition coefficient (Wildman–Crippen LogP) is 2.91. The molecule has 92 valence electrons. The van der Waals surface area contributed by atoms with Crippen molar-refractivity contribution in [1.82, 2.24) is 0 Å². The molecule has 17 heavy (non-hydrogen) atoms. The van der Waals surface area contributed by atoms with Gasteiger partial charge in [0.05, 0.1) is 11.4 Å². The average Bonchev–Trinajstić information content (AvgIpc) is 2.30. The van der Waals surface area contributed by atoms with Crippen LogP contribution < -0.4 is 10.6 Å². The minimum atomic E-state index is -0.298. The lowest BCUT2D eigenvalue weighted by atomic mass is 9.96. The third-order valence-electron chi connectivity index (χ3n) is 3.36. The molecule has 2 unspecified atom stereocenters. The van der Waals surface area contributed by atoms with Gasteiger partial charge in [-0.25, -0.2) is 4.39 Å². The highest BCUT2D eigenvalue weighted by Gasteiger charge is 2.29. The number of hydrogen-bond acceptors (Lipinski definition) is 2. The van der Waals surface area contributed by atoms with E-state index in [-0.39, 0.29) is 23.7 Å². The van der Waals surface area contributed by atoms with Crippen LogP contribution in [-0.4, -0.2) is 11.9 Å². The Morgan fingerprint density at radius 2 is 2.12 bits per heavy atom. The molecule has 0 fully saturated rings. The normalized spacial score (nSPS) is 20.2. The smallest absolute Gasteiger partial charge is 0.247 e. The van der Waals surface area contributed by atoms with Crippen molar-refractivity contribution in [2.45, 2.75) is 33.2 Å². The quantitative estimate of drug-likeness (QED) is 0.829. The van der Waals surface area contributed by atoms with Crippen molar-refractivity contribution in [3.63, 3.8) is 0 Å². The summed E-state index contributed by atoms with van der Waals surface area (Å²) in [5.74, 6) is -0.142. The summed E-state index contributed by atoms with van der Waals surface area (Å²) >= 11 is 0. The predicted molar refractivity (Wildman–Crippen MR) is 66.6 cm³/mol. The fraction of sp³-hybridized carbons (Fsp3) is 0.462. The zero-order chi connectivity index (χ0) is 12.6. The van der Waals surface area contributed by atoms with Gasteiger partial charge >= 0.3 is 0 Å². The zero-order valence-electron chi connectivity index (χ0n) is 10.3. The van der Waals surface area contributed by atoms with Crippen LogP contribution in [0.5, 0.6) is 0 Å². The molecule has 2 N–H and O–H groups in total. The van der Waals surface area contributed by atoms with E-state index in [0.717, 1.165) is 12.1 Å². The molecule has 3 nitrogen and oxygen atoms in total. The topological polar surface area (TPSA) is 41.1 Å². The number of hydrogen-bond donors (Lipinski definition) is 2. The highest BCUT2D eigenvalue weighted by molar-refractivity contribution is 6.03. The van der Waals surface area contributed by atoms with Crippen molar-refractivity contribution in [2.75, 3.05) is 10.6 Å². The maximum absolute atomic E-state index is 13.4. The van der Waals surface area contributed by atoms with Crippen molar-refractivity contribution in [1.29, 1.82) is 0 Å². The van der Waals surface area contributed by atoms with E-state index in [1.807, 2.05) is 13.8 Å². The van der Waals surface area contributed by atoms with Gasteiger partial charge in [0.15, 0.2) is 0 Å². The minimum absolute atomic E-state index is 0.0879. The monoisotopic (exact) mass is 236 g/mol. The van der Waals surface area contributed by atoms with E-state index in [1.165, 1.54) is 6.07 Å². The first-order valence-corrected chi connectivity index (χ1v) is 5.90. The van der Waals surface area contributed by atoms with Gasteiger partial charge in [-0.3, -0.25) is 4.79 Å². The molecule has 0 aliphatic carbocycles. The van der Waals surface area contributed by atoms with E-state index in [0.29, 0.717) is 11.3 Å². The molecule has 1 aliphatic heterocycles. The zero-order valence-corrected chi connectivity index (χ0v) is 10.3. The third-order valence-corrected chi connectivity index (χ3v) is 3.36. The van der Waals surface area contributed by atoms with Gasteiger partial charge in [0, 0.05) is 0 Å². The van der Waals surface area contributed by atoms with Gasteiger partial charge in [-0.05, 0) is 30.5 Å². The van der Waals surface area contributed by atoms with E-state index >= 15 is 0 Å². The Morgan fingerprint density at radius 3 is 2.76 bits per heavy atom. The van der Waals surface area contributed by atoms with Gasteiger partial charge in [-0.1, -0.05) is 20.3 Å². The van der Waals surface area contributed by atoms with Crippen molar-refractivity contribution in [3.05, 3.63) is 23.5 Å².